The average Bonchev–Trinajstić information content (AvgIpc) is 3.38. The van der Waals surface area contributed by atoms with Crippen molar-refractivity contribution in [1.29, 1.82) is 0 Å². The van der Waals surface area contributed by atoms with Gasteiger partial charge in [-0.3, -0.25) is 9.59 Å². The number of esters is 1. The highest BCUT2D eigenvalue weighted by molar-refractivity contribution is 5.83. The molecule has 0 aromatic rings. The summed E-state index contributed by atoms with van der Waals surface area (Å²) in [5.74, 6) is -0.256. The van der Waals surface area contributed by atoms with Gasteiger partial charge in [0.1, 0.15) is 0 Å². The Morgan fingerprint density at radius 2 is 0.569 bits per heavy atom. The van der Waals surface area contributed by atoms with Gasteiger partial charge in [0.25, 0.3) is 0 Å². The number of nitrogens with zero attached hydrogens (tertiary/aromatic N) is 1. The van der Waals surface area contributed by atoms with Gasteiger partial charge >= 0.3 is 5.97 Å². The molecule has 0 aliphatic rings. The predicted molar refractivity (Wildman–Crippen MR) is 321 cm³/mol. The van der Waals surface area contributed by atoms with E-state index in [0.29, 0.717) is 13.0 Å². The minimum atomic E-state index is -0.308. The molecule has 0 fully saturated rings. The SMILES string of the molecule is CCCCCCCCCCCCCCCCCCCCCCCCCCCCCCCCC/C=C/CCCCCC(CC(=O)N(CCCCCCCC)CCCCCCCC)C(=O)OCCCCCCCC. The molecule has 0 heterocycles. The first-order chi connectivity index (χ1) is 35.6. The van der Waals surface area contributed by atoms with Gasteiger partial charge < -0.3 is 9.64 Å². The van der Waals surface area contributed by atoms with Crippen molar-refractivity contribution in [2.24, 2.45) is 5.92 Å². The Balaban J connectivity index is 4.04. The standard InChI is InChI=1S/C68H133NO3/c1-5-9-13-17-21-22-23-24-25-26-27-28-29-30-31-32-33-34-35-36-37-38-39-40-41-42-43-44-45-46-47-48-49-50-51-52-53-57-61-66(68(71)72-64-60-56-20-16-12-8-4)65-67(70)69(62-58-54-18-14-10-6-2)63-59-55-19-15-11-7-3/h49-50,66H,5-48,51-65H2,1-4H3/b50-49+. The van der Waals surface area contributed by atoms with Crippen LogP contribution in [0.25, 0.3) is 0 Å². The maximum absolute atomic E-state index is 13.9. The fourth-order valence-corrected chi connectivity index (χ4v) is 10.9. The summed E-state index contributed by atoms with van der Waals surface area (Å²) in [5.41, 5.74) is 0. The van der Waals surface area contributed by atoms with Crippen LogP contribution in [0.4, 0.5) is 0 Å². The Morgan fingerprint density at radius 3 is 0.875 bits per heavy atom. The molecule has 428 valence electrons. The minimum Gasteiger partial charge on any atom is -0.465 e. The third-order valence-electron chi connectivity index (χ3n) is 16.0. The zero-order chi connectivity index (χ0) is 52.2. The molecule has 0 aromatic carbocycles. The quantitative estimate of drug-likeness (QED) is 0.0346. The van der Waals surface area contributed by atoms with Crippen LogP contribution in [-0.2, 0) is 14.3 Å². The fraction of sp³-hybridized carbons (Fsp3) is 0.941. The summed E-state index contributed by atoms with van der Waals surface area (Å²) in [6, 6.07) is 0. The van der Waals surface area contributed by atoms with Gasteiger partial charge in [-0.15, -0.1) is 0 Å². The van der Waals surface area contributed by atoms with E-state index in [2.05, 4.69) is 44.7 Å². The number of rotatable bonds is 62. The van der Waals surface area contributed by atoms with Crippen molar-refractivity contribution in [1.82, 2.24) is 4.90 Å². The molecule has 0 aliphatic carbocycles. The Kier molecular flexibility index (Phi) is 61.1. The van der Waals surface area contributed by atoms with Gasteiger partial charge in [-0.05, 0) is 51.4 Å². The molecule has 1 amide bonds. The van der Waals surface area contributed by atoms with E-state index in [0.717, 1.165) is 70.9 Å². The van der Waals surface area contributed by atoms with Crippen molar-refractivity contribution >= 4 is 11.9 Å². The maximum Gasteiger partial charge on any atom is 0.309 e. The lowest BCUT2D eigenvalue weighted by Crippen LogP contribution is -2.35. The third kappa shape index (κ3) is 54.9. The van der Waals surface area contributed by atoms with Gasteiger partial charge in [-0.2, -0.15) is 0 Å². The lowest BCUT2D eigenvalue weighted by molar-refractivity contribution is -0.152. The Hall–Kier alpha value is -1.32. The first-order valence-corrected chi connectivity index (χ1v) is 33.7. The lowest BCUT2D eigenvalue weighted by Gasteiger charge is -2.25. The summed E-state index contributed by atoms with van der Waals surface area (Å²) < 4.78 is 5.87. The Morgan fingerprint density at radius 1 is 0.319 bits per heavy atom. The minimum absolute atomic E-state index is 0.127. The lowest BCUT2D eigenvalue weighted by atomic mass is 9.96. The molecule has 4 nitrogen and oxygen atoms in total. The van der Waals surface area contributed by atoms with Gasteiger partial charge in [0.05, 0.1) is 12.5 Å². The highest BCUT2D eigenvalue weighted by atomic mass is 16.5. The van der Waals surface area contributed by atoms with Crippen molar-refractivity contribution in [2.75, 3.05) is 19.7 Å². The summed E-state index contributed by atoms with van der Waals surface area (Å²) in [5, 5.41) is 0. The van der Waals surface area contributed by atoms with Crippen molar-refractivity contribution in [3.05, 3.63) is 12.2 Å². The summed E-state index contributed by atoms with van der Waals surface area (Å²) >= 11 is 0. The molecule has 0 radical (unpaired) electrons. The number of carbonyl (C=O) groups is 2. The van der Waals surface area contributed by atoms with E-state index in [1.54, 1.807) is 0 Å². The van der Waals surface area contributed by atoms with E-state index < -0.39 is 0 Å². The van der Waals surface area contributed by atoms with E-state index in [1.807, 2.05) is 0 Å². The Bertz CT molecular complexity index is 1060. The fourth-order valence-electron chi connectivity index (χ4n) is 10.9. The van der Waals surface area contributed by atoms with E-state index in [4.69, 9.17) is 4.74 Å². The molecule has 0 N–H and O–H groups in total. The number of hydrogen-bond donors (Lipinski definition) is 0. The zero-order valence-electron chi connectivity index (χ0n) is 50.1. The number of ether oxygens (including phenoxy) is 1. The number of carbonyl (C=O) groups excluding carboxylic acids is 2. The number of amides is 1. The molecular weight excluding hydrogens is 879 g/mol. The topological polar surface area (TPSA) is 46.6 Å². The summed E-state index contributed by atoms with van der Waals surface area (Å²) in [4.78, 5) is 29.5. The smallest absolute Gasteiger partial charge is 0.309 e. The van der Waals surface area contributed by atoms with Gasteiger partial charge in [0, 0.05) is 19.5 Å². The highest BCUT2D eigenvalue weighted by Gasteiger charge is 2.26. The zero-order valence-corrected chi connectivity index (χ0v) is 50.1. The van der Waals surface area contributed by atoms with E-state index in [9.17, 15) is 9.59 Å². The monoisotopic (exact) mass is 1010 g/mol. The van der Waals surface area contributed by atoms with Gasteiger partial charge in [-0.1, -0.05) is 342 Å². The first kappa shape index (κ1) is 70.7. The van der Waals surface area contributed by atoms with Crippen LogP contribution in [0.15, 0.2) is 12.2 Å². The van der Waals surface area contributed by atoms with Crippen molar-refractivity contribution in [2.45, 2.75) is 387 Å². The van der Waals surface area contributed by atoms with Crippen LogP contribution in [0.5, 0.6) is 0 Å². The van der Waals surface area contributed by atoms with Gasteiger partial charge in [0.15, 0.2) is 0 Å². The summed E-state index contributed by atoms with van der Waals surface area (Å²) in [6.45, 7) is 11.3. The Labute approximate surface area is 454 Å². The van der Waals surface area contributed by atoms with Crippen LogP contribution in [0, 0.1) is 5.92 Å². The number of hydrogen-bond acceptors (Lipinski definition) is 3. The van der Waals surface area contributed by atoms with Crippen LogP contribution in [0.2, 0.25) is 0 Å². The molecule has 0 saturated heterocycles. The largest absolute Gasteiger partial charge is 0.465 e. The second kappa shape index (κ2) is 62.2. The van der Waals surface area contributed by atoms with Crippen molar-refractivity contribution < 1.29 is 14.3 Å². The molecule has 72 heavy (non-hydrogen) atoms. The predicted octanol–water partition coefficient (Wildman–Crippen LogP) is 23.5. The molecule has 0 aliphatic heterocycles. The molecular formula is C68H133NO3. The molecule has 0 saturated carbocycles. The van der Waals surface area contributed by atoms with E-state index in [-0.39, 0.29) is 17.8 Å². The molecule has 1 atom stereocenters. The van der Waals surface area contributed by atoms with Crippen LogP contribution >= 0.6 is 0 Å². The molecule has 0 bridgehead atoms. The van der Waals surface area contributed by atoms with Crippen molar-refractivity contribution in [3.8, 4) is 0 Å². The van der Waals surface area contributed by atoms with Crippen LogP contribution in [-0.4, -0.2) is 36.5 Å². The van der Waals surface area contributed by atoms with Crippen LogP contribution in [0.3, 0.4) is 0 Å². The summed E-state index contributed by atoms with van der Waals surface area (Å²) in [7, 11) is 0. The highest BCUT2D eigenvalue weighted by Crippen LogP contribution is 2.22. The van der Waals surface area contributed by atoms with E-state index >= 15 is 0 Å². The second-order valence-corrected chi connectivity index (χ2v) is 23.3. The number of allylic oxidation sites excluding steroid dienone is 2. The molecule has 0 aromatic heterocycles. The second-order valence-electron chi connectivity index (χ2n) is 23.3. The van der Waals surface area contributed by atoms with Gasteiger partial charge in [0.2, 0.25) is 5.91 Å². The maximum atomic E-state index is 13.9. The van der Waals surface area contributed by atoms with Gasteiger partial charge in [-0.25, -0.2) is 0 Å². The normalized spacial score (nSPS) is 12.1. The molecule has 0 spiro atoms. The first-order valence-electron chi connectivity index (χ1n) is 33.7. The molecule has 4 heteroatoms. The van der Waals surface area contributed by atoms with Crippen LogP contribution in [0.1, 0.15) is 387 Å². The third-order valence-corrected chi connectivity index (χ3v) is 16.0. The van der Waals surface area contributed by atoms with Crippen LogP contribution < -0.4 is 0 Å². The van der Waals surface area contributed by atoms with Crippen molar-refractivity contribution in [3.63, 3.8) is 0 Å². The molecule has 0 rings (SSSR count). The van der Waals surface area contributed by atoms with E-state index in [1.165, 1.54) is 295 Å². The molecule has 1 unspecified atom stereocenters. The number of unbranched alkanes of at least 4 members (excludes halogenated alkanes) is 49. The summed E-state index contributed by atoms with van der Waals surface area (Å²) in [6.07, 6.45) is 78.3. The average molecular weight is 1010 g/mol.